The van der Waals surface area contributed by atoms with Gasteiger partial charge in [-0.15, -0.1) is 4.47 Å². The number of benzene rings is 1. The number of ether oxygens (including phenoxy) is 1. The molecule has 0 bridgehead atoms. The largest absolute Gasteiger partial charge is 0.426 e. The van der Waals surface area contributed by atoms with E-state index in [9.17, 15) is 18.0 Å². The van der Waals surface area contributed by atoms with Crippen molar-refractivity contribution in [1.29, 1.82) is 0 Å². The number of esters is 1. The van der Waals surface area contributed by atoms with Crippen LogP contribution in [0.25, 0.3) is 0 Å². The second-order valence-corrected chi connectivity index (χ2v) is 5.01. The Morgan fingerprint density at radius 1 is 1.41 bits per heavy atom. The lowest BCUT2D eigenvalue weighted by atomic mass is 10.2. The molecule has 0 spiro atoms. The molecule has 1 amide bonds. The highest BCUT2D eigenvalue weighted by Crippen LogP contribution is 2.35. The first-order valence-electron chi connectivity index (χ1n) is 4.45. The van der Waals surface area contributed by atoms with Crippen molar-refractivity contribution in [2.75, 3.05) is 0 Å². The molecule has 8 heteroatoms. The Labute approximate surface area is 96.2 Å². The highest BCUT2D eigenvalue weighted by molar-refractivity contribution is 7.90. The summed E-state index contributed by atoms with van der Waals surface area (Å²) in [4.78, 5) is 21.9. The van der Waals surface area contributed by atoms with Crippen LogP contribution in [-0.2, 0) is 14.8 Å². The molecule has 0 fully saturated rings. The van der Waals surface area contributed by atoms with Crippen LogP contribution in [0, 0.1) is 0 Å². The number of rotatable bonds is 1. The lowest BCUT2D eigenvalue weighted by Crippen LogP contribution is -2.25. The summed E-state index contributed by atoms with van der Waals surface area (Å²) in [6, 6.07) is 3.72. The van der Waals surface area contributed by atoms with Crippen molar-refractivity contribution in [2.24, 2.45) is 0 Å². The molecule has 0 atom stereocenters. The number of amides is 1. The smallest absolute Gasteiger partial charge is 0.308 e. The average Bonchev–Trinajstić information content (AvgIpc) is 2.41. The van der Waals surface area contributed by atoms with E-state index in [2.05, 4.69) is 0 Å². The van der Waals surface area contributed by atoms with Gasteiger partial charge in [-0.2, -0.15) is 8.42 Å². The highest BCUT2D eigenvalue weighted by Gasteiger charge is 2.43. The first-order chi connectivity index (χ1) is 7.85. The molecule has 1 N–H and O–H groups in total. The monoisotopic (exact) mass is 257 g/mol. The molecule has 0 aromatic heterocycles. The number of hydrogen-bond donors (Lipinski definition) is 1. The van der Waals surface area contributed by atoms with E-state index in [0.717, 1.165) is 13.0 Å². The SMILES string of the molecule is CC(=O)Oc1cccc2c1C(=O)N(O)S2(=O)=O. The lowest BCUT2D eigenvalue weighted by molar-refractivity contribution is -0.131. The lowest BCUT2D eigenvalue weighted by Gasteiger charge is -2.04. The van der Waals surface area contributed by atoms with Crippen molar-refractivity contribution >= 4 is 21.9 Å². The molecule has 1 aromatic rings. The summed E-state index contributed by atoms with van der Waals surface area (Å²) in [5, 5.41) is 9.16. The summed E-state index contributed by atoms with van der Waals surface area (Å²) < 4.78 is 27.4. The van der Waals surface area contributed by atoms with E-state index in [4.69, 9.17) is 9.94 Å². The van der Waals surface area contributed by atoms with Crippen LogP contribution in [-0.4, -0.2) is 30.0 Å². The molecule has 17 heavy (non-hydrogen) atoms. The van der Waals surface area contributed by atoms with E-state index in [1.807, 2.05) is 0 Å². The minimum Gasteiger partial charge on any atom is -0.426 e. The molecular formula is C9H7NO6S. The molecule has 7 nitrogen and oxygen atoms in total. The second-order valence-electron chi connectivity index (χ2n) is 3.28. The van der Waals surface area contributed by atoms with E-state index >= 15 is 0 Å². The van der Waals surface area contributed by atoms with Crippen molar-refractivity contribution in [2.45, 2.75) is 11.8 Å². The third-order valence-electron chi connectivity index (χ3n) is 2.13. The van der Waals surface area contributed by atoms with Crippen molar-refractivity contribution in [3.8, 4) is 5.75 Å². The van der Waals surface area contributed by atoms with Crippen molar-refractivity contribution in [1.82, 2.24) is 4.47 Å². The molecule has 2 rings (SSSR count). The fourth-order valence-electron chi connectivity index (χ4n) is 1.47. The maximum atomic E-state index is 11.5. The Balaban J connectivity index is 2.70. The minimum atomic E-state index is -4.24. The molecule has 0 unspecified atom stereocenters. The number of carbonyl (C=O) groups excluding carboxylic acids is 2. The van der Waals surface area contributed by atoms with Gasteiger partial charge in [-0.3, -0.25) is 14.8 Å². The number of nitrogens with zero attached hydrogens (tertiary/aromatic N) is 1. The predicted octanol–water partition coefficient (Wildman–Crippen LogP) is 0.146. The van der Waals surface area contributed by atoms with Gasteiger partial charge in [0.25, 0.3) is 15.9 Å². The maximum Gasteiger partial charge on any atom is 0.308 e. The normalized spacial score (nSPS) is 16.8. The first kappa shape index (κ1) is 11.6. The number of hydrogen-bond acceptors (Lipinski definition) is 6. The van der Waals surface area contributed by atoms with E-state index in [-0.39, 0.29) is 20.7 Å². The Morgan fingerprint density at radius 3 is 2.65 bits per heavy atom. The second kappa shape index (κ2) is 3.54. The molecule has 1 aliphatic rings. The zero-order valence-electron chi connectivity index (χ0n) is 8.58. The van der Waals surface area contributed by atoms with E-state index in [1.54, 1.807) is 0 Å². The van der Waals surface area contributed by atoms with Crippen LogP contribution in [0.5, 0.6) is 5.75 Å². The molecule has 0 aliphatic carbocycles. The van der Waals surface area contributed by atoms with Gasteiger partial charge in [-0.1, -0.05) is 6.07 Å². The third-order valence-corrected chi connectivity index (χ3v) is 3.65. The average molecular weight is 257 g/mol. The number of fused-ring (bicyclic) bond motifs is 1. The molecule has 0 radical (unpaired) electrons. The van der Waals surface area contributed by atoms with Gasteiger partial charge in [0.2, 0.25) is 0 Å². The summed E-state index contributed by atoms with van der Waals surface area (Å²) in [6.07, 6.45) is 0. The van der Waals surface area contributed by atoms with Gasteiger partial charge in [0, 0.05) is 6.92 Å². The van der Waals surface area contributed by atoms with Gasteiger partial charge in [0.15, 0.2) is 0 Å². The van der Waals surface area contributed by atoms with Crippen LogP contribution in [0.3, 0.4) is 0 Å². The van der Waals surface area contributed by atoms with Gasteiger partial charge >= 0.3 is 5.97 Å². The zero-order valence-corrected chi connectivity index (χ0v) is 9.39. The van der Waals surface area contributed by atoms with Gasteiger partial charge in [0.05, 0.1) is 0 Å². The molecule has 0 saturated carbocycles. The summed E-state index contributed by atoms with van der Waals surface area (Å²) in [7, 11) is -4.24. The van der Waals surface area contributed by atoms with E-state index < -0.39 is 21.9 Å². The van der Waals surface area contributed by atoms with Gasteiger partial charge in [-0.25, -0.2) is 0 Å². The summed E-state index contributed by atoms with van der Waals surface area (Å²) in [6.45, 7) is 1.12. The summed E-state index contributed by atoms with van der Waals surface area (Å²) in [5.41, 5.74) is -0.342. The Kier molecular flexibility index (Phi) is 2.40. The van der Waals surface area contributed by atoms with Crippen molar-refractivity contribution in [3.63, 3.8) is 0 Å². The van der Waals surface area contributed by atoms with Crippen molar-refractivity contribution in [3.05, 3.63) is 23.8 Å². The number of carbonyl (C=O) groups is 2. The summed E-state index contributed by atoms with van der Waals surface area (Å²) >= 11 is 0. The molecule has 1 aromatic carbocycles. The number of hydroxylamine groups is 1. The Bertz CT molecular complexity index is 620. The van der Waals surface area contributed by atoms with Crippen LogP contribution in [0.4, 0.5) is 0 Å². The van der Waals surface area contributed by atoms with Crippen LogP contribution in [0.1, 0.15) is 17.3 Å². The molecular weight excluding hydrogens is 250 g/mol. The van der Waals surface area contributed by atoms with Crippen molar-refractivity contribution < 1.29 is 28.0 Å². The quantitative estimate of drug-likeness (QED) is 0.436. The van der Waals surface area contributed by atoms with E-state index in [1.165, 1.54) is 12.1 Å². The standard InChI is InChI=1S/C9H7NO6S/c1-5(11)16-6-3-2-4-7-8(6)9(12)10(13)17(7,14)15/h2-4,13H,1H3. The van der Waals surface area contributed by atoms with Crippen LogP contribution in [0.15, 0.2) is 23.1 Å². The minimum absolute atomic E-state index is 0.194. The maximum absolute atomic E-state index is 11.5. The predicted molar refractivity (Wildman–Crippen MR) is 52.9 cm³/mol. The fourth-order valence-corrected chi connectivity index (χ4v) is 2.67. The zero-order chi connectivity index (χ0) is 12.8. The Morgan fingerprint density at radius 2 is 2.06 bits per heavy atom. The topological polar surface area (TPSA) is 101 Å². The Hall–Kier alpha value is -1.93. The molecule has 0 saturated heterocycles. The van der Waals surface area contributed by atoms with Gasteiger partial charge in [-0.05, 0) is 12.1 Å². The fraction of sp³-hybridized carbons (Fsp3) is 0.111. The highest BCUT2D eigenvalue weighted by atomic mass is 32.2. The summed E-state index contributed by atoms with van der Waals surface area (Å²) in [5.74, 6) is -2.03. The van der Waals surface area contributed by atoms with Gasteiger partial charge < -0.3 is 4.74 Å². The molecule has 90 valence electrons. The third kappa shape index (κ3) is 1.58. The van der Waals surface area contributed by atoms with E-state index in [0.29, 0.717) is 0 Å². The van der Waals surface area contributed by atoms with Crippen LogP contribution >= 0.6 is 0 Å². The van der Waals surface area contributed by atoms with Crippen LogP contribution in [0.2, 0.25) is 0 Å². The van der Waals surface area contributed by atoms with Gasteiger partial charge in [0.1, 0.15) is 16.2 Å². The number of sulfonamides is 1. The van der Waals surface area contributed by atoms with Crippen LogP contribution < -0.4 is 4.74 Å². The molecule has 1 aliphatic heterocycles. The molecule has 1 heterocycles. The first-order valence-corrected chi connectivity index (χ1v) is 5.89.